The third kappa shape index (κ3) is 9.53. The van der Waals surface area contributed by atoms with Crippen molar-refractivity contribution in [3.63, 3.8) is 0 Å². The first-order chi connectivity index (χ1) is 22.0. The summed E-state index contributed by atoms with van der Waals surface area (Å²) < 4.78 is 31.9. The number of carbonyl (C=O) groups is 1. The van der Waals surface area contributed by atoms with E-state index >= 15 is 4.39 Å². The first kappa shape index (κ1) is 34.9. The summed E-state index contributed by atoms with van der Waals surface area (Å²) in [7, 11) is 1.59. The summed E-state index contributed by atoms with van der Waals surface area (Å²) >= 11 is 0. The van der Waals surface area contributed by atoms with E-state index in [1.165, 1.54) is 6.07 Å². The third-order valence-electron chi connectivity index (χ3n) is 8.24. The van der Waals surface area contributed by atoms with Gasteiger partial charge in [-0.25, -0.2) is 14.2 Å². The lowest BCUT2D eigenvalue weighted by Crippen LogP contribution is -2.49. The van der Waals surface area contributed by atoms with Gasteiger partial charge in [0.05, 0.1) is 7.11 Å². The molecule has 0 radical (unpaired) electrons. The van der Waals surface area contributed by atoms with Gasteiger partial charge in [0.15, 0.2) is 11.6 Å². The number of benzene rings is 2. The number of piperazine rings is 1. The van der Waals surface area contributed by atoms with Crippen molar-refractivity contribution in [1.29, 1.82) is 0 Å². The summed E-state index contributed by atoms with van der Waals surface area (Å²) in [6.07, 6.45) is 1.05. The lowest BCUT2D eigenvalue weighted by molar-refractivity contribution is 0.0965. The first-order valence-electron chi connectivity index (χ1n) is 16.1. The van der Waals surface area contributed by atoms with Gasteiger partial charge in [0.25, 0.3) is 0 Å². The molecular weight excluding hydrogens is 587 g/mol. The molecule has 0 spiro atoms. The Labute approximate surface area is 272 Å². The van der Waals surface area contributed by atoms with E-state index in [2.05, 4.69) is 66.6 Å². The van der Waals surface area contributed by atoms with Gasteiger partial charge in [-0.1, -0.05) is 39.8 Å². The van der Waals surface area contributed by atoms with E-state index in [9.17, 15) is 4.79 Å². The molecule has 2 heterocycles. The largest absolute Gasteiger partial charge is 0.497 e. The molecule has 0 aliphatic carbocycles. The number of hydrogen-bond donors (Lipinski definition) is 1. The van der Waals surface area contributed by atoms with Crippen molar-refractivity contribution < 1.29 is 23.4 Å². The number of halogens is 1. The molecule has 1 amide bonds. The third-order valence-corrected chi connectivity index (χ3v) is 8.24. The van der Waals surface area contributed by atoms with Crippen LogP contribution in [0.2, 0.25) is 0 Å². The van der Waals surface area contributed by atoms with Crippen molar-refractivity contribution in [1.82, 2.24) is 19.8 Å². The Hall–Kier alpha value is -3.96. The van der Waals surface area contributed by atoms with Crippen LogP contribution in [-0.4, -0.2) is 84.4 Å². The number of nitrogens with zero attached hydrogens (tertiary/aromatic N) is 5. The van der Waals surface area contributed by atoms with Crippen LogP contribution in [-0.2, 0) is 11.3 Å². The molecule has 0 unspecified atom stereocenters. The molecule has 46 heavy (non-hydrogen) atoms. The Kier molecular flexibility index (Phi) is 12.6. The van der Waals surface area contributed by atoms with Gasteiger partial charge in [0.1, 0.15) is 24.8 Å². The van der Waals surface area contributed by atoms with Gasteiger partial charge in [-0.3, -0.25) is 14.7 Å². The zero-order valence-corrected chi connectivity index (χ0v) is 28.2. The van der Waals surface area contributed by atoms with Crippen LogP contribution in [0.4, 0.5) is 26.6 Å². The Bertz CT molecular complexity index is 1410. The average molecular weight is 637 g/mol. The smallest absolute Gasteiger partial charge is 0.416 e. The van der Waals surface area contributed by atoms with Gasteiger partial charge in [0, 0.05) is 62.8 Å². The summed E-state index contributed by atoms with van der Waals surface area (Å²) in [5.74, 6) is 1.24. The van der Waals surface area contributed by atoms with E-state index in [-0.39, 0.29) is 36.2 Å². The minimum Gasteiger partial charge on any atom is -0.497 e. The highest BCUT2D eigenvalue weighted by atomic mass is 19.1. The van der Waals surface area contributed by atoms with Crippen molar-refractivity contribution in [2.24, 2.45) is 11.8 Å². The summed E-state index contributed by atoms with van der Waals surface area (Å²) in [5, 5.41) is 3.07. The van der Waals surface area contributed by atoms with Crippen LogP contribution in [0.1, 0.15) is 47.1 Å². The van der Waals surface area contributed by atoms with Crippen molar-refractivity contribution in [3.8, 4) is 11.5 Å². The molecule has 11 heteroatoms. The standard InChI is InChI=1S/C35H49FN6O4/c1-24(2)33(25(3)4)42(35(43)46-23-27-9-8-10-29(21-27)44-7)32-13-14-37-34(39-32)38-28-11-12-31(30(36)22-28)45-20-19-40-15-17-41(18-16-40)26(5)6/h8-14,21-22,24-26,33H,15-20,23H2,1-7H3,(H,37,38,39). The normalized spacial score (nSPS) is 14.3. The Morgan fingerprint density at radius 2 is 1.74 bits per heavy atom. The summed E-state index contributed by atoms with van der Waals surface area (Å²) in [6, 6.07) is 14.1. The van der Waals surface area contributed by atoms with E-state index in [1.54, 1.807) is 36.4 Å². The summed E-state index contributed by atoms with van der Waals surface area (Å²) in [4.78, 5) is 29.0. The molecular formula is C35H49FN6O4. The lowest BCUT2D eigenvalue weighted by Gasteiger charge is -2.36. The van der Waals surface area contributed by atoms with Crippen LogP contribution in [0.5, 0.6) is 11.5 Å². The van der Waals surface area contributed by atoms with E-state index < -0.39 is 11.9 Å². The van der Waals surface area contributed by atoms with Crippen LogP contribution >= 0.6 is 0 Å². The summed E-state index contributed by atoms with van der Waals surface area (Å²) in [6.45, 7) is 18.0. The second kappa shape index (κ2) is 16.6. The fourth-order valence-electron chi connectivity index (χ4n) is 5.87. The highest BCUT2D eigenvalue weighted by molar-refractivity contribution is 5.87. The number of carbonyl (C=O) groups excluding carboxylic acids is 1. The molecule has 3 aromatic rings. The predicted molar refractivity (Wildman–Crippen MR) is 179 cm³/mol. The van der Waals surface area contributed by atoms with Crippen molar-refractivity contribution in [3.05, 3.63) is 66.1 Å². The molecule has 1 aliphatic heterocycles. The second-order valence-corrected chi connectivity index (χ2v) is 12.6. The molecule has 1 aliphatic rings. The fraction of sp³-hybridized carbons (Fsp3) is 0.514. The SMILES string of the molecule is COc1cccc(COC(=O)N(c2ccnc(Nc3ccc(OCCN4CCN(C(C)C)CC4)c(F)c3)n2)C(C(C)C)C(C)C)c1. The molecule has 0 atom stereocenters. The van der Waals surface area contributed by atoms with Gasteiger partial charge in [0.2, 0.25) is 5.95 Å². The molecule has 1 N–H and O–H groups in total. The van der Waals surface area contributed by atoms with Crippen molar-refractivity contribution in [2.45, 2.75) is 60.2 Å². The minimum absolute atomic E-state index is 0.0775. The van der Waals surface area contributed by atoms with Gasteiger partial charge in [-0.05, 0) is 61.6 Å². The first-order valence-corrected chi connectivity index (χ1v) is 16.1. The van der Waals surface area contributed by atoms with E-state index in [0.717, 1.165) is 38.3 Å². The highest BCUT2D eigenvalue weighted by Crippen LogP contribution is 2.28. The van der Waals surface area contributed by atoms with Crippen LogP contribution in [0.15, 0.2) is 54.7 Å². The van der Waals surface area contributed by atoms with Crippen molar-refractivity contribution in [2.75, 3.05) is 56.7 Å². The number of hydrogen-bond acceptors (Lipinski definition) is 9. The van der Waals surface area contributed by atoms with Gasteiger partial charge >= 0.3 is 6.09 Å². The monoisotopic (exact) mass is 636 g/mol. The van der Waals surface area contributed by atoms with Crippen LogP contribution < -0.4 is 19.7 Å². The highest BCUT2D eigenvalue weighted by Gasteiger charge is 2.33. The van der Waals surface area contributed by atoms with E-state index in [0.29, 0.717) is 29.9 Å². The number of rotatable bonds is 14. The second-order valence-electron chi connectivity index (χ2n) is 12.6. The maximum absolute atomic E-state index is 15.0. The van der Waals surface area contributed by atoms with Crippen molar-refractivity contribution >= 4 is 23.5 Å². The fourth-order valence-corrected chi connectivity index (χ4v) is 5.87. The number of methoxy groups -OCH3 is 1. The Morgan fingerprint density at radius 1 is 1.00 bits per heavy atom. The maximum atomic E-state index is 15.0. The molecule has 250 valence electrons. The zero-order valence-electron chi connectivity index (χ0n) is 28.2. The van der Waals surface area contributed by atoms with Gasteiger partial charge in [-0.2, -0.15) is 4.98 Å². The topological polar surface area (TPSA) is 92.3 Å². The molecule has 2 aromatic carbocycles. The molecule has 10 nitrogen and oxygen atoms in total. The summed E-state index contributed by atoms with van der Waals surface area (Å²) in [5.41, 5.74) is 1.27. The van der Waals surface area contributed by atoms with Gasteiger partial charge < -0.3 is 19.5 Å². The number of aromatic nitrogens is 2. The number of nitrogens with one attached hydrogen (secondary N) is 1. The number of amides is 1. The average Bonchev–Trinajstić information content (AvgIpc) is 3.03. The molecule has 1 aromatic heterocycles. The molecule has 4 rings (SSSR count). The number of anilines is 3. The molecule has 1 saturated heterocycles. The van der Waals surface area contributed by atoms with E-state index in [1.807, 2.05) is 24.3 Å². The van der Waals surface area contributed by atoms with E-state index in [4.69, 9.17) is 14.2 Å². The zero-order chi connectivity index (χ0) is 33.2. The number of ether oxygens (including phenoxy) is 3. The van der Waals surface area contributed by atoms with Gasteiger partial charge in [-0.15, -0.1) is 0 Å². The Balaban J connectivity index is 1.42. The predicted octanol–water partition coefficient (Wildman–Crippen LogP) is 6.60. The molecule has 1 fully saturated rings. The minimum atomic E-state index is -0.519. The lowest BCUT2D eigenvalue weighted by atomic mass is 9.92. The maximum Gasteiger partial charge on any atom is 0.416 e. The quantitative estimate of drug-likeness (QED) is 0.210. The van der Waals surface area contributed by atoms with Crippen LogP contribution in [0.3, 0.4) is 0 Å². The molecule has 0 saturated carbocycles. The van der Waals surface area contributed by atoms with Crippen LogP contribution in [0.25, 0.3) is 0 Å². The molecule has 0 bridgehead atoms. The Morgan fingerprint density at radius 3 is 2.39 bits per heavy atom. The van der Waals surface area contributed by atoms with Crippen LogP contribution in [0, 0.1) is 17.7 Å².